The molecule has 2 heterocycles. The summed E-state index contributed by atoms with van der Waals surface area (Å²) in [6.07, 6.45) is 4.35. The molecule has 5 nitrogen and oxygen atoms in total. The van der Waals surface area contributed by atoms with Crippen molar-refractivity contribution in [3.05, 3.63) is 46.8 Å². The second-order valence-electron chi connectivity index (χ2n) is 3.61. The van der Waals surface area contributed by atoms with E-state index < -0.39 is 10.0 Å². The summed E-state index contributed by atoms with van der Waals surface area (Å²) in [5.41, 5.74) is 0.897. The van der Waals surface area contributed by atoms with Crippen molar-refractivity contribution >= 4 is 31.8 Å². The van der Waals surface area contributed by atoms with Gasteiger partial charge in [-0.05, 0) is 46.6 Å². The summed E-state index contributed by atoms with van der Waals surface area (Å²) in [5.74, 6) is 0.277. The van der Waals surface area contributed by atoms with Gasteiger partial charge in [-0.25, -0.2) is 13.4 Å². The zero-order chi connectivity index (χ0) is 13.2. The average Bonchev–Trinajstić information content (AvgIpc) is 2.35. The second-order valence-corrected chi connectivity index (χ2v) is 6.15. The van der Waals surface area contributed by atoms with Crippen molar-refractivity contribution in [2.45, 2.75) is 11.8 Å². The third kappa shape index (κ3) is 2.85. The van der Waals surface area contributed by atoms with Gasteiger partial charge in [-0.3, -0.25) is 9.71 Å². The maximum absolute atomic E-state index is 12.0. The molecular weight excluding hydrogens is 318 g/mol. The van der Waals surface area contributed by atoms with Crippen molar-refractivity contribution in [3.63, 3.8) is 0 Å². The summed E-state index contributed by atoms with van der Waals surface area (Å²) in [6, 6.07) is 4.69. The van der Waals surface area contributed by atoms with Crippen LogP contribution in [0.2, 0.25) is 0 Å². The van der Waals surface area contributed by atoms with E-state index >= 15 is 0 Å². The predicted octanol–water partition coefficient (Wildman–Crippen LogP) is 2.35. The van der Waals surface area contributed by atoms with Crippen LogP contribution in [0, 0.1) is 6.92 Å². The number of rotatable bonds is 3. The number of halogens is 1. The summed E-state index contributed by atoms with van der Waals surface area (Å²) in [6.45, 7) is 1.85. The van der Waals surface area contributed by atoms with Gasteiger partial charge in [0.2, 0.25) is 0 Å². The topological polar surface area (TPSA) is 72.0 Å². The van der Waals surface area contributed by atoms with E-state index in [4.69, 9.17) is 0 Å². The molecule has 1 N–H and O–H groups in total. The van der Waals surface area contributed by atoms with Crippen LogP contribution in [0.1, 0.15) is 5.56 Å². The summed E-state index contributed by atoms with van der Waals surface area (Å²) < 4.78 is 27.2. The highest BCUT2D eigenvalue weighted by molar-refractivity contribution is 9.10. The number of anilines is 1. The van der Waals surface area contributed by atoms with Crippen LogP contribution < -0.4 is 4.72 Å². The molecule has 0 aliphatic carbocycles. The Bertz CT molecular complexity index is 659. The minimum absolute atomic E-state index is 0.104. The fourth-order valence-corrected chi connectivity index (χ4v) is 2.48. The number of nitrogens with zero attached hydrogens (tertiary/aromatic N) is 2. The van der Waals surface area contributed by atoms with Gasteiger partial charge in [0.15, 0.2) is 0 Å². The van der Waals surface area contributed by atoms with Gasteiger partial charge in [-0.2, -0.15) is 0 Å². The van der Waals surface area contributed by atoms with Crippen molar-refractivity contribution in [1.29, 1.82) is 0 Å². The molecule has 0 bridgehead atoms. The first-order valence-corrected chi connectivity index (χ1v) is 7.31. The molecule has 2 rings (SSSR count). The van der Waals surface area contributed by atoms with E-state index in [-0.39, 0.29) is 10.7 Å². The molecule has 0 amide bonds. The summed E-state index contributed by atoms with van der Waals surface area (Å²) in [4.78, 5) is 7.87. The quantitative estimate of drug-likeness (QED) is 0.939. The van der Waals surface area contributed by atoms with E-state index in [2.05, 4.69) is 30.6 Å². The molecule has 0 aliphatic rings. The van der Waals surface area contributed by atoms with E-state index in [1.807, 2.05) is 6.92 Å². The molecule has 2 aromatic rings. The van der Waals surface area contributed by atoms with E-state index in [0.717, 1.165) is 10.0 Å². The lowest BCUT2D eigenvalue weighted by Gasteiger charge is -2.07. The van der Waals surface area contributed by atoms with Gasteiger partial charge in [0, 0.05) is 23.1 Å². The molecule has 18 heavy (non-hydrogen) atoms. The zero-order valence-corrected chi connectivity index (χ0v) is 11.9. The van der Waals surface area contributed by atoms with Crippen molar-refractivity contribution < 1.29 is 8.42 Å². The molecule has 0 unspecified atom stereocenters. The maximum atomic E-state index is 12.0. The summed E-state index contributed by atoms with van der Waals surface area (Å²) >= 11 is 3.30. The van der Waals surface area contributed by atoms with Gasteiger partial charge < -0.3 is 0 Å². The highest BCUT2D eigenvalue weighted by Crippen LogP contribution is 2.19. The van der Waals surface area contributed by atoms with Gasteiger partial charge in [0.1, 0.15) is 10.7 Å². The van der Waals surface area contributed by atoms with Crippen LogP contribution in [0.3, 0.4) is 0 Å². The van der Waals surface area contributed by atoms with Crippen LogP contribution in [0.15, 0.2) is 46.2 Å². The van der Waals surface area contributed by atoms with Crippen molar-refractivity contribution in [2.75, 3.05) is 4.72 Å². The molecule has 0 fully saturated rings. The van der Waals surface area contributed by atoms with E-state index in [9.17, 15) is 8.42 Å². The molecule has 2 aromatic heterocycles. The molecule has 0 atom stereocenters. The van der Waals surface area contributed by atoms with Crippen molar-refractivity contribution in [3.8, 4) is 0 Å². The van der Waals surface area contributed by atoms with Gasteiger partial charge >= 0.3 is 0 Å². The first-order chi connectivity index (χ1) is 8.49. The Kier molecular flexibility index (Phi) is 3.63. The fourth-order valence-electron chi connectivity index (χ4n) is 1.30. The summed E-state index contributed by atoms with van der Waals surface area (Å²) in [7, 11) is -3.63. The molecule has 0 aromatic carbocycles. The van der Waals surface area contributed by atoms with Gasteiger partial charge in [-0.1, -0.05) is 0 Å². The standard InChI is InChI=1S/C11H10BrN3O2S/c1-8-5-11(14-7-10(8)12)15-18(16,17)9-3-2-4-13-6-9/h2-7H,1H3,(H,14,15). The Morgan fingerprint density at radius 1 is 1.33 bits per heavy atom. The summed E-state index contributed by atoms with van der Waals surface area (Å²) in [5, 5.41) is 0. The lowest BCUT2D eigenvalue weighted by Crippen LogP contribution is -2.14. The first kappa shape index (κ1) is 13.0. The number of pyridine rings is 2. The van der Waals surface area contributed by atoms with E-state index in [0.29, 0.717) is 0 Å². The zero-order valence-electron chi connectivity index (χ0n) is 9.46. The first-order valence-electron chi connectivity index (χ1n) is 5.04. The minimum Gasteiger partial charge on any atom is -0.263 e. The largest absolute Gasteiger partial charge is 0.264 e. The molecule has 0 radical (unpaired) electrons. The van der Waals surface area contributed by atoms with Crippen LogP contribution in [-0.4, -0.2) is 18.4 Å². The Labute approximate surface area is 113 Å². The SMILES string of the molecule is Cc1cc(NS(=O)(=O)c2cccnc2)ncc1Br. The van der Waals surface area contributed by atoms with E-state index in [1.165, 1.54) is 18.5 Å². The maximum Gasteiger partial charge on any atom is 0.264 e. The lowest BCUT2D eigenvalue weighted by atomic mass is 10.3. The molecule has 0 aliphatic heterocycles. The molecular formula is C11H10BrN3O2S. The number of aromatic nitrogens is 2. The Morgan fingerprint density at radius 2 is 2.11 bits per heavy atom. The smallest absolute Gasteiger partial charge is 0.263 e. The van der Waals surface area contributed by atoms with Gasteiger partial charge in [0.05, 0.1) is 0 Å². The normalized spacial score (nSPS) is 11.2. The van der Waals surface area contributed by atoms with Gasteiger partial charge in [0.25, 0.3) is 10.0 Å². The van der Waals surface area contributed by atoms with Crippen LogP contribution in [0.25, 0.3) is 0 Å². The molecule has 0 saturated heterocycles. The highest BCUT2D eigenvalue weighted by Gasteiger charge is 2.14. The number of aryl methyl sites for hydroxylation is 1. The fraction of sp³-hybridized carbons (Fsp3) is 0.0909. The number of nitrogens with one attached hydrogen (secondary N) is 1. The van der Waals surface area contributed by atoms with Crippen LogP contribution in [-0.2, 0) is 10.0 Å². The monoisotopic (exact) mass is 327 g/mol. The molecule has 0 spiro atoms. The Balaban J connectivity index is 2.31. The second kappa shape index (κ2) is 5.03. The molecule has 94 valence electrons. The lowest BCUT2D eigenvalue weighted by molar-refractivity contribution is 0.600. The average molecular weight is 328 g/mol. The predicted molar refractivity (Wildman–Crippen MR) is 71.7 cm³/mol. The van der Waals surface area contributed by atoms with Crippen LogP contribution >= 0.6 is 15.9 Å². The Morgan fingerprint density at radius 3 is 2.72 bits per heavy atom. The van der Waals surface area contributed by atoms with Crippen LogP contribution in [0.4, 0.5) is 5.82 Å². The van der Waals surface area contributed by atoms with E-state index in [1.54, 1.807) is 18.3 Å². The van der Waals surface area contributed by atoms with Gasteiger partial charge in [-0.15, -0.1) is 0 Å². The number of hydrogen-bond acceptors (Lipinski definition) is 4. The third-order valence-corrected chi connectivity index (χ3v) is 4.40. The van der Waals surface area contributed by atoms with Crippen molar-refractivity contribution in [2.24, 2.45) is 0 Å². The van der Waals surface area contributed by atoms with Crippen molar-refractivity contribution in [1.82, 2.24) is 9.97 Å². The number of hydrogen-bond donors (Lipinski definition) is 1. The molecule has 0 saturated carbocycles. The number of sulfonamides is 1. The molecule has 7 heteroatoms. The highest BCUT2D eigenvalue weighted by atomic mass is 79.9. The minimum atomic E-state index is -3.63. The van der Waals surface area contributed by atoms with Crippen LogP contribution in [0.5, 0.6) is 0 Å². The Hall–Kier alpha value is -1.47. The third-order valence-electron chi connectivity index (χ3n) is 2.23.